The Morgan fingerprint density at radius 3 is 2.94 bits per heavy atom. The van der Waals surface area contributed by atoms with Crippen LogP contribution in [0.2, 0.25) is 0 Å². The van der Waals surface area contributed by atoms with E-state index in [0.29, 0.717) is 19.0 Å². The molecule has 0 saturated carbocycles. The molecule has 0 amide bonds. The van der Waals surface area contributed by atoms with Crippen LogP contribution in [-0.2, 0) is 0 Å². The van der Waals surface area contributed by atoms with E-state index in [4.69, 9.17) is 10.5 Å². The van der Waals surface area contributed by atoms with Gasteiger partial charge in [0.05, 0.1) is 0 Å². The normalized spacial score (nSPS) is 10.2. The second kappa shape index (κ2) is 5.41. The van der Waals surface area contributed by atoms with E-state index in [1.165, 1.54) is 0 Å². The Bertz CT molecular complexity index is 500. The van der Waals surface area contributed by atoms with Crippen LogP contribution in [0, 0.1) is 6.92 Å². The molecule has 0 aliphatic heterocycles. The Hall–Kier alpha value is -1.94. The lowest BCUT2D eigenvalue weighted by atomic mass is 10.2. The predicted molar refractivity (Wildman–Crippen MR) is 66.8 cm³/mol. The smallest absolute Gasteiger partial charge is 0.159 e. The van der Waals surface area contributed by atoms with Gasteiger partial charge in [-0.3, -0.25) is 0 Å². The lowest BCUT2D eigenvalue weighted by molar-refractivity contribution is 0.328. The van der Waals surface area contributed by atoms with Crippen LogP contribution in [0.3, 0.4) is 0 Å². The Morgan fingerprint density at radius 2 is 2.18 bits per heavy atom. The standard InChI is InChI=1S/C13H15N3O/c1-10-5-7-15-13(16-10)11-3-2-4-12(9-11)17-8-6-14/h2-5,7,9H,6,8,14H2,1H3. The maximum Gasteiger partial charge on any atom is 0.159 e. The number of aromatic nitrogens is 2. The summed E-state index contributed by atoms with van der Waals surface area (Å²) in [7, 11) is 0. The molecule has 4 heteroatoms. The molecular weight excluding hydrogens is 214 g/mol. The minimum Gasteiger partial charge on any atom is -0.492 e. The summed E-state index contributed by atoms with van der Waals surface area (Å²) in [6.07, 6.45) is 1.76. The first-order valence-electron chi connectivity index (χ1n) is 5.52. The van der Waals surface area contributed by atoms with Crippen molar-refractivity contribution in [1.82, 2.24) is 9.97 Å². The summed E-state index contributed by atoms with van der Waals surface area (Å²) in [6.45, 7) is 2.96. The topological polar surface area (TPSA) is 61.0 Å². The molecule has 2 aromatic rings. The lowest BCUT2D eigenvalue weighted by Crippen LogP contribution is -2.10. The highest BCUT2D eigenvalue weighted by atomic mass is 16.5. The number of aryl methyl sites for hydroxylation is 1. The molecule has 0 aliphatic rings. The third-order valence-corrected chi connectivity index (χ3v) is 2.27. The molecular formula is C13H15N3O. The van der Waals surface area contributed by atoms with Gasteiger partial charge in [-0.25, -0.2) is 9.97 Å². The van der Waals surface area contributed by atoms with Crippen LogP contribution in [0.5, 0.6) is 5.75 Å². The second-order valence-electron chi connectivity index (χ2n) is 3.69. The Morgan fingerprint density at radius 1 is 1.29 bits per heavy atom. The van der Waals surface area contributed by atoms with Gasteiger partial charge in [0.15, 0.2) is 5.82 Å². The van der Waals surface area contributed by atoms with Crippen LogP contribution in [0.4, 0.5) is 0 Å². The molecule has 2 N–H and O–H groups in total. The van der Waals surface area contributed by atoms with Crippen molar-refractivity contribution in [1.29, 1.82) is 0 Å². The Kier molecular flexibility index (Phi) is 3.67. The van der Waals surface area contributed by atoms with Gasteiger partial charge in [0.1, 0.15) is 12.4 Å². The predicted octanol–water partition coefficient (Wildman–Crippen LogP) is 1.79. The van der Waals surface area contributed by atoms with Crippen molar-refractivity contribution in [3.05, 3.63) is 42.2 Å². The van der Waals surface area contributed by atoms with Gasteiger partial charge >= 0.3 is 0 Å². The summed E-state index contributed by atoms with van der Waals surface area (Å²) < 4.78 is 5.47. The molecule has 1 heterocycles. The number of hydrogen-bond acceptors (Lipinski definition) is 4. The summed E-state index contributed by atoms with van der Waals surface area (Å²) in [4.78, 5) is 8.61. The number of nitrogens with zero attached hydrogens (tertiary/aromatic N) is 2. The zero-order valence-electron chi connectivity index (χ0n) is 9.76. The average molecular weight is 229 g/mol. The van der Waals surface area contributed by atoms with Gasteiger partial charge in [0, 0.05) is 24.0 Å². The number of nitrogens with two attached hydrogens (primary N) is 1. The van der Waals surface area contributed by atoms with E-state index in [2.05, 4.69) is 9.97 Å². The van der Waals surface area contributed by atoms with Crippen LogP contribution < -0.4 is 10.5 Å². The number of hydrogen-bond donors (Lipinski definition) is 1. The lowest BCUT2D eigenvalue weighted by Gasteiger charge is -2.06. The zero-order valence-corrected chi connectivity index (χ0v) is 9.76. The monoisotopic (exact) mass is 229 g/mol. The van der Waals surface area contributed by atoms with Gasteiger partial charge in [-0.1, -0.05) is 12.1 Å². The van der Waals surface area contributed by atoms with E-state index in [0.717, 1.165) is 17.0 Å². The molecule has 0 unspecified atom stereocenters. The van der Waals surface area contributed by atoms with Gasteiger partial charge in [-0.05, 0) is 25.1 Å². The van der Waals surface area contributed by atoms with E-state index in [-0.39, 0.29) is 0 Å². The van der Waals surface area contributed by atoms with Crippen molar-refractivity contribution in [3.8, 4) is 17.1 Å². The van der Waals surface area contributed by atoms with Crippen LogP contribution in [0.1, 0.15) is 5.69 Å². The quantitative estimate of drug-likeness (QED) is 0.868. The molecule has 4 nitrogen and oxygen atoms in total. The maximum absolute atomic E-state index is 5.47. The van der Waals surface area contributed by atoms with Crippen LogP contribution >= 0.6 is 0 Å². The van der Waals surface area contributed by atoms with E-state index in [1.807, 2.05) is 37.3 Å². The summed E-state index contributed by atoms with van der Waals surface area (Å²) in [5.74, 6) is 1.50. The van der Waals surface area contributed by atoms with Crippen molar-refractivity contribution >= 4 is 0 Å². The molecule has 1 aromatic heterocycles. The maximum atomic E-state index is 5.47. The Labute approximate surface area is 100 Å². The van der Waals surface area contributed by atoms with Crippen molar-refractivity contribution in [2.45, 2.75) is 6.92 Å². The summed E-state index contributed by atoms with van der Waals surface area (Å²) >= 11 is 0. The minimum absolute atomic E-state index is 0.505. The third kappa shape index (κ3) is 3.01. The van der Waals surface area contributed by atoms with Gasteiger partial charge in [0.25, 0.3) is 0 Å². The fourth-order valence-electron chi connectivity index (χ4n) is 1.49. The minimum atomic E-state index is 0.505. The highest BCUT2D eigenvalue weighted by Gasteiger charge is 2.02. The third-order valence-electron chi connectivity index (χ3n) is 2.27. The van der Waals surface area contributed by atoms with Gasteiger partial charge in [-0.15, -0.1) is 0 Å². The first-order chi connectivity index (χ1) is 8.29. The summed E-state index contributed by atoms with van der Waals surface area (Å²) in [5, 5.41) is 0. The Balaban J connectivity index is 2.26. The van der Waals surface area contributed by atoms with E-state index in [9.17, 15) is 0 Å². The first-order valence-corrected chi connectivity index (χ1v) is 5.52. The molecule has 0 aliphatic carbocycles. The van der Waals surface area contributed by atoms with Gasteiger partial charge < -0.3 is 10.5 Å². The number of benzene rings is 1. The molecule has 0 spiro atoms. The van der Waals surface area contributed by atoms with Crippen molar-refractivity contribution in [2.75, 3.05) is 13.2 Å². The number of ether oxygens (including phenoxy) is 1. The van der Waals surface area contributed by atoms with Crippen LogP contribution in [0.15, 0.2) is 36.5 Å². The molecule has 0 atom stereocenters. The van der Waals surface area contributed by atoms with E-state index < -0.39 is 0 Å². The molecule has 88 valence electrons. The fourth-order valence-corrected chi connectivity index (χ4v) is 1.49. The molecule has 0 bridgehead atoms. The molecule has 2 rings (SSSR count). The van der Waals surface area contributed by atoms with Crippen molar-refractivity contribution in [2.24, 2.45) is 5.73 Å². The van der Waals surface area contributed by atoms with Crippen LogP contribution in [-0.4, -0.2) is 23.1 Å². The molecule has 0 fully saturated rings. The molecule has 0 radical (unpaired) electrons. The fraction of sp³-hybridized carbons (Fsp3) is 0.231. The van der Waals surface area contributed by atoms with Crippen molar-refractivity contribution in [3.63, 3.8) is 0 Å². The largest absolute Gasteiger partial charge is 0.492 e. The highest BCUT2D eigenvalue weighted by Crippen LogP contribution is 2.20. The van der Waals surface area contributed by atoms with Gasteiger partial charge in [0.2, 0.25) is 0 Å². The molecule has 1 aromatic carbocycles. The van der Waals surface area contributed by atoms with Crippen molar-refractivity contribution < 1.29 is 4.74 Å². The first kappa shape index (κ1) is 11.5. The number of rotatable bonds is 4. The molecule has 17 heavy (non-hydrogen) atoms. The zero-order chi connectivity index (χ0) is 12.1. The van der Waals surface area contributed by atoms with Gasteiger partial charge in [-0.2, -0.15) is 0 Å². The van der Waals surface area contributed by atoms with Crippen LogP contribution in [0.25, 0.3) is 11.4 Å². The van der Waals surface area contributed by atoms with E-state index in [1.54, 1.807) is 6.20 Å². The summed E-state index contributed by atoms with van der Waals surface area (Å²) in [5.41, 5.74) is 7.29. The summed E-state index contributed by atoms with van der Waals surface area (Å²) in [6, 6.07) is 9.58. The SMILES string of the molecule is Cc1ccnc(-c2cccc(OCCN)c2)n1. The molecule has 0 saturated heterocycles. The van der Waals surface area contributed by atoms with E-state index >= 15 is 0 Å². The highest BCUT2D eigenvalue weighted by molar-refractivity contribution is 5.57. The second-order valence-corrected chi connectivity index (χ2v) is 3.69. The average Bonchev–Trinajstić information content (AvgIpc) is 2.37.